The Morgan fingerprint density at radius 1 is 1.58 bits per heavy atom. The van der Waals surface area contributed by atoms with Crippen LogP contribution < -0.4 is 0 Å². The highest BCUT2D eigenvalue weighted by Crippen LogP contribution is 1.99. The van der Waals surface area contributed by atoms with E-state index in [9.17, 15) is 4.79 Å². The van der Waals surface area contributed by atoms with Crippen LogP contribution in [0.3, 0.4) is 0 Å². The maximum Gasteiger partial charge on any atom is 0.311 e. The number of hydrogen-bond donors (Lipinski definition) is 1. The minimum Gasteiger partial charge on any atom is -0.481 e. The molecule has 0 aliphatic carbocycles. The summed E-state index contributed by atoms with van der Waals surface area (Å²) in [5, 5.41) is 8.63. The number of aliphatic carboxylic acids is 1. The molecule has 0 fully saturated rings. The van der Waals surface area contributed by atoms with Gasteiger partial charge in [0.15, 0.2) is 0 Å². The monoisotopic (exact) mass is 171 g/mol. The first-order valence-corrected chi connectivity index (χ1v) is 4.33. The SMILES string of the molecule is CCCCN=C(C)C(C)C(=O)O. The number of carbonyl (C=O) groups is 1. The van der Waals surface area contributed by atoms with Gasteiger partial charge < -0.3 is 5.11 Å². The van der Waals surface area contributed by atoms with Crippen molar-refractivity contribution in [3.05, 3.63) is 0 Å². The van der Waals surface area contributed by atoms with Crippen LogP contribution in [-0.4, -0.2) is 23.3 Å². The second-order valence-corrected chi connectivity index (χ2v) is 2.94. The molecule has 1 atom stereocenters. The number of carboxylic acids is 1. The second kappa shape index (κ2) is 5.75. The number of rotatable bonds is 5. The first-order chi connectivity index (χ1) is 5.59. The van der Waals surface area contributed by atoms with E-state index in [1.807, 2.05) is 0 Å². The van der Waals surface area contributed by atoms with Crippen molar-refractivity contribution in [3.63, 3.8) is 0 Å². The molecule has 0 rings (SSSR count). The summed E-state index contributed by atoms with van der Waals surface area (Å²) in [6.45, 7) is 6.27. The fraction of sp³-hybridized carbons (Fsp3) is 0.778. The van der Waals surface area contributed by atoms with E-state index in [1.165, 1.54) is 0 Å². The van der Waals surface area contributed by atoms with Gasteiger partial charge in [0.25, 0.3) is 0 Å². The van der Waals surface area contributed by atoms with Crippen molar-refractivity contribution in [3.8, 4) is 0 Å². The van der Waals surface area contributed by atoms with Crippen molar-refractivity contribution >= 4 is 11.7 Å². The molecule has 0 spiro atoms. The van der Waals surface area contributed by atoms with E-state index in [2.05, 4.69) is 11.9 Å². The maximum absolute atomic E-state index is 10.5. The molecule has 0 radical (unpaired) electrons. The summed E-state index contributed by atoms with van der Waals surface area (Å²) in [6, 6.07) is 0. The van der Waals surface area contributed by atoms with Gasteiger partial charge >= 0.3 is 5.97 Å². The maximum atomic E-state index is 10.5. The van der Waals surface area contributed by atoms with Gasteiger partial charge in [-0.15, -0.1) is 0 Å². The van der Waals surface area contributed by atoms with E-state index in [0.29, 0.717) is 0 Å². The Morgan fingerprint density at radius 2 is 2.17 bits per heavy atom. The molecule has 0 aromatic heterocycles. The van der Waals surface area contributed by atoms with E-state index in [1.54, 1.807) is 13.8 Å². The predicted molar refractivity (Wildman–Crippen MR) is 49.7 cm³/mol. The zero-order valence-corrected chi connectivity index (χ0v) is 8.00. The van der Waals surface area contributed by atoms with Gasteiger partial charge in [0, 0.05) is 12.3 Å². The molecule has 0 aromatic rings. The summed E-state index contributed by atoms with van der Waals surface area (Å²) < 4.78 is 0. The van der Waals surface area contributed by atoms with Gasteiger partial charge in [0.1, 0.15) is 0 Å². The third-order valence-electron chi connectivity index (χ3n) is 1.87. The summed E-state index contributed by atoms with van der Waals surface area (Å²) >= 11 is 0. The van der Waals surface area contributed by atoms with Crippen molar-refractivity contribution in [2.24, 2.45) is 10.9 Å². The van der Waals surface area contributed by atoms with Gasteiger partial charge in [-0.1, -0.05) is 13.3 Å². The summed E-state index contributed by atoms with van der Waals surface area (Å²) in [7, 11) is 0. The fourth-order valence-corrected chi connectivity index (χ4v) is 0.729. The van der Waals surface area contributed by atoms with Crippen molar-refractivity contribution in [2.45, 2.75) is 33.6 Å². The van der Waals surface area contributed by atoms with Gasteiger partial charge in [0.2, 0.25) is 0 Å². The molecule has 0 bridgehead atoms. The number of carboxylic acid groups (broad SMARTS) is 1. The average Bonchev–Trinajstić information content (AvgIpc) is 2.03. The zero-order valence-electron chi connectivity index (χ0n) is 8.00. The van der Waals surface area contributed by atoms with Crippen LogP contribution in [0.2, 0.25) is 0 Å². The molecule has 70 valence electrons. The number of aliphatic imine (C=N–C) groups is 1. The molecule has 1 N–H and O–H groups in total. The third kappa shape index (κ3) is 4.11. The lowest BCUT2D eigenvalue weighted by atomic mass is 10.1. The Morgan fingerprint density at radius 3 is 2.58 bits per heavy atom. The fourth-order valence-electron chi connectivity index (χ4n) is 0.729. The normalized spacial score (nSPS) is 14.4. The van der Waals surface area contributed by atoms with Gasteiger partial charge in [-0.05, 0) is 20.3 Å². The first-order valence-electron chi connectivity index (χ1n) is 4.33. The highest BCUT2D eigenvalue weighted by molar-refractivity contribution is 5.99. The lowest BCUT2D eigenvalue weighted by Gasteiger charge is -2.04. The summed E-state index contributed by atoms with van der Waals surface area (Å²) in [4.78, 5) is 14.7. The minimum atomic E-state index is -0.798. The van der Waals surface area contributed by atoms with Crippen LogP contribution in [0.4, 0.5) is 0 Å². The molecule has 12 heavy (non-hydrogen) atoms. The standard InChI is InChI=1S/C9H17NO2/c1-4-5-6-10-8(3)7(2)9(11)12/h7H,4-6H2,1-3H3,(H,11,12). The Bertz CT molecular complexity index is 175. The topological polar surface area (TPSA) is 49.7 Å². The van der Waals surface area contributed by atoms with E-state index >= 15 is 0 Å². The second-order valence-electron chi connectivity index (χ2n) is 2.94. The molecule has 0 saturated heterocycles. The molecule has 0 amide bonds. The Hall–Kier alpha value is -0.860. The van der Waals surface area contributed by atoms with Crippen LogP contribution in [-0.2, 0) is 4.79 Å². The van der Waals surface area contributed by atoms with E-state index in [-0.39, 0.29) is 0 Å². The first kappa shape index (κ1) is 11.1. The van der Waals surface area contributed by atoms with Crippen molar-refractivity contribution in [1.82, 2.24) is 0 Å². The van der Waals surface area contributed by atoms with E-state index in [4.69, 9.17) is 5.11 Å². The quantitative estimate of drug-likeness (QED) is 0.508. The predicted octanol–water partition coefficient (Wildman–Crippen LogP) is 1.97. The number of hydrogen-bond acceptors (Lipinski definition) is 2. The van der Waals surface area contributed by atoms with Gasteiger partial charge in [-0.2, -0.15) is 0 Å². The van der Waals surface area contributed by atoms with Crippen molar-refractivity contribution in [2.75, 3.05) is 6.54 Å². The highest BCUT2D eigenvalue weighted by Gasteiger charge is 2.13. The van der Waals surface area contributed by atoms with Crippen molar-refractivity contribution in [1.29, 1.82) is 0 Å². The van der Waals surface area contributed by atoms with E-state index in [0.717, 1.165) is 25.1 Å². The number of unbranched alkanes of at least 4 members (excludes halogenated alkanes) is 1. The molecule has 0 aromatic carbocycles. The molecular formula is C9H17NO2. The summed E-state index contributed by atoms with van der Waals surface area (Å²) in [5.41, 5.74) is 0.718. The molecule has 0 saturated carbocycles. The van der Waals surface area contributed by atoms with Crippen LogP contribution >= 0.6 is 0 Å². The molecule has 3 nitrogen and oxygen atoms in total. The Kier molecular flexibility index (Phi) is 5.34. The molecular weight excluding hydrogens is 154 g/mol. The largest absolute Gasteiger partial charge is 0.481 e. The lowest BCUT2D eigenvalue weighted by Crippen LogP contribution is -2.18. The zero-order chi connectivity index (χ0) is 9.56. The van der Waals surface area contributed by atoms with Gasteiger partial charge in [-0.3, -0.25) is 9.79 Å². The number of nitrogens with zero attached hydrogens (tertiary/aromatic N) is 1. The van der Waals surface area contributed by atoms with Crippen LogP contribution in [0.15, 0.2) is 4.99 Å². The highest BCUT2D eigenvalue weighted by atomic mass is 16.4. The third-order valence-corrected chi connectivity index (χ3v) is 1.87. The van der Waals surface area contributed by atoms with Crippen molar-refractivity contribution < 1.29 is 9.90 Å². The molecule has 3 heteroatoms. The van der Waals surface area contributed by atoms with E-state index < -0.39 is 11.9 Å². The summed E-state index contributed by atoms with van der Waals surface area (Å²) in [6.07, 6.45) is 2.13. The molecule has 0 aliphatic heterocycles. The Balaban J connectivity index is 3.90. The molecule has 0 aliphatic rings. The Labute approximate surface area is 73.5 Å². The van der Waals surface area contributed by atoms with Crippen LogP contribution in [0.1, 0.15) is 33.6 Å². The van der Waals surface area contributed by atoms with Gasteiger partial charge in [-0.25, -0.2) is 0 Å². The van der Waals surface area contributed by atoms with Crippen LogP contribution in [0.5, 0.6) is 0 Å². The minimum absolute atomic E-state index is 0.443. The molecule has 0 heterocycles. The van der Waals surface area contributed by atoms with Gasteiger partial charge in [0.05, 0.1) is 5.92 Å². The van der Waals surface area contributed by atoms with Crippen LogP contribution in [0, 0.1) is 5.92 Å². The molecule has 1 unspecified atom stereocenters. The lowest BCUT2D eigenvalue weighted by molar-refractivity contribution is -0.138. The summed E-state index contributed by atoms with van der Waals surface area (Å²) in [5.74, 6) is -1.24. The van der Waals surface area contributed by atoms with Crippen LogP contribution in [0.25, 0.3) is 0 Å². The average molecular weight is 171 g/mol. The smallest absolute Gasteiger partial charge is 0.311 e.